The molecule has 2 aromatic rings. The molecule has 1 aromatic carbocycles. The minimum atomic E-state index is -0.617. The second-order valence-corrected chi connectivity index (χ2v) is 6.94. The Balaban J connectivity index is 2.10. The first-order valence-corrected chi connectivity index (χ1v) is 9.80. The highest BCUT2D eigenvalue weighted by molar-refractivity contribution is 7.98. The molecule has 1 aromatic heterocycles. The summed E-state index contributed by atoms with van der Waals surface area (Å²) >= 11 is 1.65. The number of rotatable bonds is 8. The number of carbonyl (C=O) groups is 1. The molecular formula is C21H24N2O3S. The van der Waals surface area contributed by atoms with Gasteiger partial charge >= 0.3 is 5.97 Å². The number of aryl methyl sites for hydroxylation is 1. The maximum atomic E-state index is 12.3. The van der Waals surface area contributed by atoms with E-state index in [1.807, 2.05) is 56.5 Å². The van der Waals surface area contributed by atoms with Gasteiger partial charge in [0.15, 0.2) is 0 Å². The van der Waals surface area contributed by atoms with E-state index in [-0.39, 0.29) is 12.2 Å². The Bertz CT molecular complexity index is 861. The molecule has 0 saturated heterocycles. The van der Waals surface area contributed by atoms with Crippen molar-refractivity contribution in [2.45, 2.75) is 31.9 Å². The zero-order chi connectivity index (χ0) is 19.8. The highest BCUT2D eigenvalue weighted by Crippen LogP contribution is 2.19. The molecular weight excluding hydrogens is 360 g/mol. The number of nitrogens with zero attached hydrogens (tertiary/aromatic N) is 2. The summed E-state index contributed by atoms with van der Waals surface area (Å²) in [6.07, 6.45) is 3.59. The molecule has 27 heavy (non-hydrogen) atoms. The van der Waals surface area contributed by atoms with Crippen LogP contribution in [0, 0.1) is 25.2 Å². The number of methoxy groups -OCH3 is 1. The Kier molecular flexibility index (Phi) is 7.71. The third-order valence-corrected chi connectivity index (χ3v) is 5.04. The molecule has 0 fully saturated rings. The van der Waals surface area contributed by atoms with E-state index in [0.717, 1.165) is 34.0 Å². The Morgan fingerprint density at radius 1 is 1.30 bits per heavy atom. The van der Waals surface area contributed by atoms with Gasteiger partial charge in [0.1, 0.15) is 18.2 Å². The molecule has 1 heterocycles. The summed E-state index contributed by atoms with van der Waals surface area (Å²) in [5, 5.41) is 9.38. The number of benzene rings is 1. The molecule has 0 spiro atoms. The van der Waals surface area contributed by atoms with Crippen molar-refractivity contribution >= 4 is 23.8 Å². The summed E-state index contributed by atoms with van der Waals surface area (Å²) in [7, 11) is 1.66. The van der Waals surface area contributed by atoms with Crippen molar-refractivity contribution in [1.82, 2.24) is 4.57 Å². The highest BCUT2D eigenvalue weighted by atomic mass is 32.2. The maximum Gasteiger partial charge on any atom is 0.349 e. The summed E-state index contributed by atoms with van der Waals surface area (Å²) in [6, 6.07) is 11.7. The van der Waals surface area contributed by atoms with Crippen molar-refractivity contribution < 1.29 is 14.3 Å². The first kappa shape index (κ1) is 20.8. The average molecular weight is 385 g/mol. The fourth-order valence-corrected chi connectivity index (χ4v) is 3.15. The molecule has 0 unspecified atom stereocenters. The fraction of sp³-hybridized carbons (Fsp3) is 0.333. The van der Waals surface area contributed by atoms with Crippen LogP contribution in [-0.4, -0.2) is 30.5 Å². The Morgan fingerprint density at radius 2 is 2.00 bits per heavy atom. The molecule has 0 aliphatic rings. The quantitative estimate of drug-likeness (QED) is 0.296. The molecule has 0 atom stereocenters. The second-order valence-electron chi connectivity index (χ2n) is 6.06. The smallest absolute Gasteiger partial charge is 0.349 e. The zero-order valence-electron chi connectivity index (χ0n) is 16.1. The van der Waals surface area contributed by atoms with Crippen LogP contribution < -0.4 is 0 Å². The first-order valence-electron chi connectivity index (χ1n) is 8.57. The van der Waals surface area contributed by atoms with E-state index in [0.29, 0.717) is 6.61 Å². The van der Waals surface area contributed by atoms with Crippen molar-refractivity contribution in [1.29, 1.82) is 5.26 Å². The number of aromatic nitrogens is 1. The lowest BCUT2D eigenvalue weighted by atomic mass is 10.1. The Labute approximate surface area is 164 Å². The van der Waals surface area contributed by atoms with Crippen molar-refractivity contribution in [3.63, 3.8) is 0 Å². The van der Waals surface area contributed by atoms with Crippen LogP contribution in [0.2, 0.25) is 0 Å². The molecule has 0 radical (unpaired) electrons. The van der Waals surface area contributed by atoms with Crippen LogP contribution in [0.15, 0.2) is 40.8 Å². The molecule has 2 rings (SSSR count). The number of esters is 1. The minimum Gasteiger partial charge on any atom is -0.457 e. The lowest BCUT2D eigenvalue weighted by Gasteiger charge is -2.08. The van der Waals surface area contributed by atoms with Crippen LogP contribution in [0.3, 0.4) is 0 Å². The van der Waals surface area contributed by atoms with Gasteiger partial charge in [-0.05, 0) is 55.5 Å². The van der Waals surface area contributed by atoms with Gasteiger partial charge in [-0.25, -0.2) is 4.79 Å². The van der Waals surface area contributed by atoms with Gasteiger partial charge in [0.25, 0.3) is 0 Å². The lowest BCUT2D eigenvalue weighted by molar-refractivity contribution is -0.139. The average Bonchev–Trinajstić information content (AvgIpc) is 2.95. The summed E-state index contributed by atoms with van der Waals surface area (Å²) < 4.78 is 12.5. The van der Waals surface area contributed by atoms with Gasteiger partial charge < -0.3 is 14.0 Å². The van der Waals surface area contributed by atoms with Crippen molar-refractivity contribution in [2.75, 3.05) is 20.0 Å². The molecule has 0 N–H and O–H groups in total. The second kappa shape index (κ2) is 10.0. The largest absolute Gasteiger partial charge is 0.457 e. The van der Waals surface area contributed by atoms with Crippen molar-refractivity contribution in [3.05, 3.63) is 58.4 Å². The van der Waals surface area contributed by atoms with Crippen LogP contribution in [0.1, 0.15) is 22.5 Å². The van der Waals surface area contributed by atoms with Crippen LogP contribution in [0.5, 0.6) is 0 Å². The molecule has 142 valence electrons. The summed E-state index contributed by atoms with van der Waals surface area (Å²) in [4.78, 5) is 13.5. The number of nitriles is 1. The van der Waals surface area contributed by atoms with Crippen LogP contribution in [0.25, 0.3) is 6.08 Å². The maximum absolute atomic E-state index is 12.3. The van der Waals surface area contributed by atoms with E-state index < -0.39 is 5.97 Å². The summed E-state index contributed by atoms with van der Waals surface area (Å²) in [5.41, 5.74) is 3.74. The zero-order valence-corrected chi connectivity index (χ0v) is 16.9. The van der Waals surface area contributed by atoms with E-state index in [4.69, 9.17) is 9.47 Å². The fourth-order valence-electron chi connectivity index (χ4n) is 2.74. The Morgan fingerprint density at radius 3 is 2.59 bits per heavy atom. The van der Waals surface area contributed by atoms with Gasteiger partial charge in [0.05, 0.1) is 6.61 Å². The third kappa shape index (κ3) is 5.49. The SMILES string of the molecule is COCCn1c(C)cc(/C=C(\C#N)C(=O)OCc2ccc(SC)cc2)c1C. The molecule has 0 saturated carbocycles. The lowest BCUT2D eigenvalue weighted by Crippen LogP contribution is -2.08. The number of ether oxygens (including phenoxy) is 2. The van der Waals surface area contributed by atoms with Crippen LogP contribution in [0.4, 0.5) is 0 Å². The third-order valence-electron chi connectivity index (χ3n) is 4.30. The van der Waals surface area contributed by atoms with E-state index >= 15 is 0 Å². The molecule has 0 aliphatic heterocycles. The van der Waals surface area contributed by atoms with Gasteiger partial charge in [-0.15, -0.1) is 11.8 Å². The predicted molar refractivity (Wildman–Crippen MR) is 107 cm³/mol. The minimum absolute atomic E-state index is 0.0114. The van der Waals surface area contributed by atoms with Crippen LogP contribution >= 0.6 is 11.8 Å². The van der Waals surface area contributed by atoms with E-state index in [1.54, 1.807) is 24.9 Å². The molecule has 0 amide bonds. The van der Waals surface area contributed by atoms with Gasteiger partial charge in [-0.3, -0.25) is 0 Å². The van der Waals surface area contributed by atoms with Crippen LogP contribution in [-0.2, 0) is 27.4 Å². The van der Waals surface area contributed by atoms with Gasteiger partial charge in [0, 0.05) is 29.9 Å². The van der Waals surface area contributed by atoms with Gasteiger partial charge in [-0.1, -0.05) is 12.1 Å². The standard InChI is InChI=1S/C21H24N2O3S/c1-15-11-18(16(2)23(15)9-10-25-3)12-19(13-22)21(24)26-14-17-5-7-20(27-4)8-6-17/h5-8,11-12H,9-10,14H2,1-4H3/b19-12+. The van der Waals surface area contributed by atoms with Gasteiger partial charge in [0.2, 0.25) is 0 Å². The predicted octanol–water partition coefficient (Wildman–Crippen LogP) is 4.12. The normalized spacial score (nSPS) is 11.3. The topological polar surface area (TPSA) is 64.2 Å². The Hall–Kier alpha value is -2.49. The van der Waals surface area contributed by atoms with E-state index in [2.05, 4.69) is 4.57 Å². The van der Waals surface area contributed by atoms with E-state index in [1.165, 1.54) is 0 Å². The highest BCUT2D eigenvalue weighted by Gasteiger charge is 2.14. The number of carbonyl (C=O) groups excluding carboxylic acids is 1. The van der Waals surface area contributed by atoms with E-state index in [9.17, 15) is 10.1 Å². The number of thioether (sulfide) groups is 1. The molecule has 6 heteroatoms. The first-order chi connectivity index (χ1) is 13.0. The van der Waals surface area contributed by atoms with Gasteiger partial charge in [-0.2, -0.15) is 5.26 Å². The summed E-state index contributed by atoms with van der Waals surface area (Å²) in [6.45, 7) is 5.41. The molecule has 5 nitrogen and oxygen atoms in total. The summed E-state index contributed by atoms with van der Waals surface area (Å²) in [5.74, 6) is -0.617. The van der Waals surface area contributed by atoms with Crippen molar-refractivity contribution in [3.8, 4) is 6.07 Å². The number of hydrogen-bond donors (Lipinski definition) is 0. The molecule has 0 bridgehead atoms. The molecule has 0 aliphatic carbocycles. The number of hydrogen-bond acceptors (Lipinski definition) is 5. The monoisotopic (exact) mass is 384 g/mol. The van der Waals surface area contributed by atoms with Crippen molar-refractivity contribution in [2.24, 2.45) is 0 Å².